The van der Waals surface area contributed by atoms with E-state index >= 15 is 0 Å². The quantitative estimate of drug-likeness (QED) is 0.654. The van der Waals surface area contributed by atoms with Crippen molar-refractivity contribution < 1.29 is 14.6 Å². The van der Waals surface area contributed by atoms with E-state index in [1.165, 1.54) is 0 Å². The predicted molar refractivity (Wildman–Crippen MR) is 41.2 cm³/mol. The molecule has 1 atom stereocenters. The van der Waals surface area contributed by atoms with Crippen LogP contribution < -0.4 is 0 Å². The van der Waals surface area contributed by atoms with Gasteiger partial charge in [-0.1, -0.05) is 0 Å². The van der Waals surface area contributed by atoms with Crippen LogP contribution in [0.2, 0.25) is 0 Å². The fraction of sp³-hybridized carbons (Fsp3) is 0.750. The second-order valence-corrected chi connectivity index (χ2v) is 2.54. The molecule has 1 aliphatic rings. The molecule has 0 fully saturated rings. The van der Waals surface area contributed by atoms with Crippen molar-refractivity contribution in [3.63, 3.8) is 0 Å². The van der Waals surface area contributed by atoms with Crippen LogP contribution in [0.25, 0.3) is 0 Å². The van der Waals surface area contributed by atoms with Gasteiger partial charge in [0, 0.05) is 26.6 Å². The molecule has 1 N–H and O–H groups in total. The summed E-state index contributed by atoms with van der Waals surface area (Å²) in [5.41, 5.74) is 0. The topological polar surface area (TPSA) is 38.7 Å². The summed E-state index contributed by atoms with van der Waals surface area (Å²) < 4.78 is 10.00. The van der Waals surface area contributed by atoms with Gasteiger partial charge in [-0.2, -0.15) is 0 Å². The van der Waals surface area contributed by atoms with Gasteiger partial charge in [0.25, 0.3) is 0 Å². The summed E-state index contributed by atoms with van der Waals surface area (Å²) in [5, 5.41) is 9.41. The molecule has 11 heavy (non-hydrogen) atoms. The van der Waals surface area contributed by atoms with Crippen molar-refractivity contribution in [3.05, 3.63) is 11.8 Å². The molecule has 1 aliphatic heterocycles. The number of hydrogen-bond donors (Lipinski definition) is 1. The first-order valence-electron chi connectivity index (χ1n) is 3.84. The summed E-state index contributed by atoms with van der Waals surface area (Å²) in [5.74, 6) is 0.710. The Labute approximate surface area is 66.6 Å². The largest absolute Gasteiger partial charge is 0.495 e. The van der Waals surface area contributed by atoms with Crippen molar-refractivity contribution in [1.82, 2.24) is 0 Å². The van der Waals surface area contributed by atoms with Gasteiger partial charge >= 0.3 is 0 Å². The van der Waals surface area contributed by atoms with Crippen LogP contribution in [0.4, 0.5) is 0 Å². The zero-order valence-corrected chi connectivity index (χ0v) is 6.75. The lowest BCUT2D eigenvalue weighted by Gasteiger charge is -2.10. The van der Waals surface area contributed by atoms with Gasteiger partial charge in [0.15, 0.2) is 0 Å². The molecule has 0 saturated carbocycles. The molecule has 64 valence electrons. The lowest BCUT2D eigenvalue weighted by atomic mass is 10.2. The van der Waals surface area contributed by atoms with Crippen molar-refractivity contribution in [2.45, 2.75) is 18.9 Å². The molecule has 3 nitrogen and oxygen atoms in total. The minimum atomic E-state index is -0.475. The first-order valence-corrected chi connectivity index (χ1v) is 3.84. The molecule has 0 aliphatic carbocycles. The van der Waals surface area contributed by atoms with Crippen molar-refractivity contribution in [2.24, 2.45) is 0 Å². The summed E-state index contributed by atoms with van der Waals surface area (Å²) in [4.78, 5) is 0. The van der Waals surface area contributed by atoms with E-state index in [1.54, 1.807) is 7.11 Å². The zero-order valence-electron chi connectivity index (χ0n) is 6.75. The fourth-order valence-electron chi connectivity index (χ4n) is 1.04. The summed E-state index contributed by atoms with van der Waals surface area (Å²) >= 11 is 0. The van der Waals surface area contributed by atoms with Crippen LogP contribution in [0.3, 0.4) is 0 Å². The molecule has 0 amide bonds. The average Bonchev–Trinajstić information content (AvgIpc) is 2.52. The monoisotopic (exact) mass is 158 g/mol. The summed E-state index contributed by atoms with van der Waals surface area (Å²) in [7, 11) is 1.62. The van der Waals surface area contributed by atoms with Crippen LogP contribution in [0.1, 0.15) is 12.8 Å². The number of hydrogen-bond acceptors (Lipinski definition) is 3. The Hall–Kier alpha value is -0.540. The molecule has 0 saturated heterocycles. The van der Waals surface area contributed by atoms with E-state index < -0.39 is 6.10 Å². The maximum atomic E-state index is 9.41. The smallest absolute Gasteiger partial charge is 0.121 e. The minimum absolute atomic E-state index is 0.475. The van der Waals surface area contributed by atoms with Gasteiger partial charge in [-0.15, -0.1) is 0 Å². The van der Waals surface area contributed by atoms with Crippen molar-refractivity contribution in [1.29, 1.82) is 0 Å². The van der Waals surface area contributed by atoms with E-state index in [2.05, 4.69) is 0 Å². The molecule has 1 unspecified atom stereocenters. The second kappa shape index (κ2) is 4.36. The van der Waals surface area contributed by atoms with E-state index in [4.69, 9.17) is 9.47 Å². The Morgan fingerprint density at radius 3 is 3.18 bits per heavy atom. The molecule has 0 aromatic heterocycles. The lowest BCUT2D eigenvalue weighted by Crippen LogP contribution is -2.13. The van der Waals surface area contributed by atoms with Crippen molar-refractivity contribution in [3.8, 4) is 0 Å². The second-order valence-electron chi connectivity index (χ2n) is 2.54. The van der Waals surface area contributed by atoms with E-state index in [1.807, 2.05) is 6.08 Å². The van der Waals surface area contributed by atoms with Gasteiger partial charge in [-0.3, -0.25) is 0 Å². The van der Waals surface area contributed by atoms with Crippen molar-refractivity contribution in [2.75, 3.05) is 20.3 Å². The molecule has 0 spiro atoms. The molecular weight excluding hydrogens is 144 g/mol. The number of aliphatic hydroxyl groups excluding tert-OH is 1. The Kier molecular flexibility index (Phi) is 3.39. The Morgan fingerprint density at radius 1 is 1.82 bits per heavy atom. The van der Waals surface area contributed by atoms with Gasteiger partial charge in [0.2, 0.25) is 0 Å². The van der Waals surface area contributed by atoms with E-state index in [-0.39, 0.29) is 0 Å². The number of rotatable bonds is 4. The van der Waals surface area contributed by atoms with Crippen LogP contribution in [0.5, 0.6) is 0 Å². The first kappa shape index (κ1) is 8.56. The molecular formula is C8H14O3. The third-order valence-corrected chi connectivity index (χ3v) is 1.66. The van der Waals surface area contributed by atoms with Crippen LogP contribution in [-0.4, -0.2) is 31.5 Å². The van der Waals surface area contributed by atoms with Gasteiger partial charge < -0.3 is 14.6 Å². The molecule has 0 radical (unpaired) electrons. The number of methoxy groups -OCH3 is 1. The Bertz CT molecular complexity index is 142. The third-order valence-electron chi connectivity index (χ3n) is 1.66. The molecule has 0 aromatic carbocycles. The maximum Gasteiger partial charge on any atom is 0.121 e. The van der Waals surface area contributed by atoms with Crippen LogP contribution in [0, 0.1) is 0 Å². The molecule has 3 heteroatoms. The highest BCUT2D eigenvalue weighted by molar-refractivity contribution is 5.03. The van der Waals surface area contributed by atoms with Crippen LogP contribution >= 0.6 is 0 Å². The summed E-state index contributed by atoms with van der Waals surface area (Å²) in [6, 6.07) is 0. The zero-order chi connectivity index (χ0) is 8.10. The molecule has 0 bridgehead atoms. The van der Waals surface area contributed by atoms with Gasteiger partial charge in [0.05, 0.1) is 6.61 Å². The lowest BCUT2D eigenvalue weighted by molar-refractivity contribution is 0.0835. The normalized spacial score (nSPS) is 19.3. The highest BCUT2D eigenvalue weighted by atomic mass is 16.5. The van der Waals surface area contributed by atoms with Crippen molar-refractivity contribution >= 4 is 0 Å². The van der Waals surface area contributed by atoms with Crippen LogP contribution in [-0.2, 0) is 9.47 Å². The maximum absolute atomic E-state index is 9.41. The van der Waals surface area contributed by atoms with E-state index in [9.17, 15) is 5.11 Å². The number of ether oxygens (including phenoxy) is 2. The van der Waals surface area contributed by atoms with E-state index in [0.29, 0.717) is 25.4 Å². The standard InChI is InChI=1S/C8H14O3/c1-10-6-4-7(9)8-3-2-5-11-8/h3,7,9H,2,4-6H2,1H3. The fourth-order valence-corrected chi connectivity index (χ4v) is 1.04. The van der Waals surface area contributed by atoms with Gasteiger partial charge in [-0.25, -0.2) is 0 Å². The first-order chi connectivity index (χ1) is 5.34. The SMILES string of the molecule is COCCC(O)C1=CCCO1. The molecule has 1 heterocycles. The summed E-state index contributed by atoms with van der Waals surface area (Å²) in [6.45, 7) is 1.28. The Morgan fingerprint density at radius 2 is 2.64 bits per heavy atom. The molecule has 0 aromatic rings. The highest BCUT2D eigenvalue weighted by Gasteiger charge is 2.14. The van der Waals surface area contributed by atoms with Crippen LogP contribution in [0.15, 0.2) is 11.8 Å². The minimum Gasteiger partial charge on any atom is -0.495 e. The highest BCUT2D eigenvalue weighted by Crippen LogP contribution is 2.15. The Balaban J connectivity index is 2.23. The predicted octanol–water partition coefficient (Wildman–Crippen LogP) is 0.688. The third kappa shape index (κ3) is 2.52. The number of aliphatic hydroxyl groups is 1. The average molecular weight is 158 g/mol. The van der Waals surface area contributed by atoms with E-state index in [0.717, 1.165) is 6.42 Å². The summed E-state index contributed by atoms with van der Waals surface area (Å²) in [6.07, 6.45) is 2.99. The molecule has 1 rings (SSSR count). The van der Waals surface area contributed by atoms with Gasteiger partial charge in [-0.05, 0) is 6.08 Å². The van der Waals surface area contributed by atoms with Gasteiger partial charge in [0.1, 0.15) is 11.9 Å².